The summed E-state index contributed by atoms with van der Waals surface area (Å²) in [5.74, 6) is 1.78. The van der Waals surface area contributed by atoms with Crippen molar-refractivity contribution in [2.75, 3.05) is 0 Å². The van der Waals surface area contributed by atoms with Crippen LogP contribution in [0.2, 0.25) is 0 Å². The summed E-state index contributed by atoms with van der Waals surface area (Å²) in [6.45, 7) is 0. The summed E-state index contributed by atoms with van der Waals surface area (Å²) in [4.78, 5) is 16.0. The van der Waals surface area contributed by atoms with Crippen LogP contribution < -0.4 is 20.7 Å². The molecule has 13 aromatic rings. The molecule has 0 spiro atoms. The smallest absolute Gasteiger partial charge is 0.179 e. The van der Waals surface area contributed by atoms with E-state index in [4.69, 9.17) is 19.4 Å². The van der Waals surface area contributed by atoms with Crippen molar-refractivity contribution in [2.24, 2.45) is 0 Å². The molecule has 0 aliphatic heterocycles. The van der Waals surface area contributed by atoms with Crippen LogP contribution in [0.25, 0.3) is 94.7 Å². The topological polar surface area (TPSA) is 56.7 Å². The first kappa shape index (κ1) is 40.3. The van der Waals surface area contributed by atoms with E-state index < -0.39 is 8.07 Å². The third-order valence-electron chi connectivity index (χ3n) is 13.6. The van der Waals surface area contributed by atoms with Crippen molar-refractivity contribution in [1.29, 1.82) is 0 Å². The van der Waals surface area contributed by atoms with Gasteiger partial charge in [-0.1, -0.05) is 206 Å². The lowest BCUT2D eigenvalue weighted by molar-refractivity contribution is 0.670. The zero-order valence-electron chi connectivity index (χ0n) is 37.4. The van der Waals surface area contributed by atoms with Crippen molar-refractivity contribution < 1.29 is 4.42 Å². The van der Waals surface area contributed by atoms with Crippen LogP contribution in [0.5, 0.6) is 0 Å². The summed E-state index contributed by atoms with van der Waals surface area (Å²) < 4.78 is 8.85. The fraction of sp³-hybridized carbons (Fsp3) is 0. The maximum Gasteiger partial charge on any atom is 0.179 e. The Labute approximate surface area is 400 Å². The monoisotopic (exact) mass is 898 g/mol. The summed E-state index contributed by atoms with van der Waals surface area (Å²) in [6, 6.07) is 90.8. The molecule has 0 saturated heterocycles. The highest BCUT2D eigenvalue weighted by molar-refractivity contribution is 7.19. The largest absolute Gasteiger partial charge is 0.455 e. The van der Waals surface area contributed by atoms with E-state index in [-0.39, 0.29) is 0 Å². The van der Waals surface area contributed by atoms with Gasteiger partial charge in [0, 0.05) is 49.5 Å². The summed E-state index contributed by atoms with van der Waals surface area (Å²) in [5, 5.41) is 9.78. The first-order valence-corrected chi connectivity index (χ1v) is 25.3. The Hall–Kier alpha value is -8.97. The lowest BCUT2D eigenvalue weighted by Crippen LogP contribution is -2.74. The summed E-state index contributed by atoms with van der Waals surface area (Å²) in [7, 11) is -2.85. The van der Waals surface area contributed by atoms with Crippen molar-refractivity contribution in [3.63, 3.8) is 0 Å². The Morgan fingerprint density at radius 3 is 1.38 bits per heavy atom. The van der Waals surface area contributed by atoms with E-state index in [0.717, 1.165) is 66.5 Å². The highest BCUT2D eigenvalue weighted by atomic mass is 28.3. The third-order valence-corrected chi connectivity index (χ3v) is 18.4. The molecule has 0 saturated carbocycles. The van der Waals surface area contributed by atoms with Crippen LogP contribution in [0.1, 0.15) is 0 Å². The summed E-state index contributed by atoms with van der Waals surface area (Å²) in [5.41, 5.74) is 9.84. The van der Waals surface area contributed by atoms with Crippen LogP contribution in [-0.4, -0.2) is 27.6 Å². The lowest BCUT2D eigenvalue weighted by atomic mass is 10.00. The molecule has 3 aromatic heterocycles. The number of hydrogen-bond acceptors (Lipinski definition) is 4. The highest BCUT2D eigenvalue weighted by Crippen LogP contribution is 2.38. The second-order valence-corrected chi connectivity index (χ2v) is 21.3. The minimum absolute atomic E-state index is 0.586. The standard InChI is InChI=1S/C63H42N4OSi/c1-4-22-48(23-5-1)69(49-24-6-2-7-25-49,50-26-8-3-9-27-50)51-28-17-21-46(42-51)63-65-61(43-37-39-47(40-38-43)67-57-34-13-10-29-53(57)54-30-11-14-35-58(54)67)64-62(66-63)45-20-16-19-44(41-45)52-32-18-33-56-55-31-12-15-36-59(55)68-60(52)56/h1-42H. The Bertz CT molecular complexity index is 3860. The zero-order chi connectivity index (χ0) is 45.7. The Balaban J connectivity index is 0.995. The predicted octanol–water partition coefficient (Wildman–Crippen LogP) is 12.9. The van der Waals surface area contributed by atoms with E-state index in [1.165, 1.54) is 31.5 Å². The van der Waals surface area contributed by atoms with E-state index in [2.05, 4.69) is 247 Å². The Kier molecular flexibility index (Phi) is 9.77. The molecule has 0 unspecified atom stereocenters. The molecule has 0 fully saturated rings. The van der Waals surface area contributed by atoms with Crippen LogP contribution in [-0.2, 0) is 0 Å². The van der Waals surface area contributed by atoms with Crippen molar-refractivity contribution >= 4 is 72.6 Å². The first-order chi connectivity index (χ1) is 34.2. The van der Waals surface area contributed by atoms with Gasteiger partial charge in [0.25, 0.3) is 0 Å². The number of aromatic nitrogens is 4. The summed E-state index contributed by atoms with van der Waals surface area (Å²) in [6.07, 6.45) is 0. The molecule has 5 nitrogen and oxygen atoms in total. The van der Waals surface area contributed by atoms with Crippen molar-refractivity contribution in [2.45, 2.75) is 0 Å². The number of benzene rings is 10. The molecule has 0 amide bonds. The predicted molar refractivity (Wildman–Crippen MR) is 287 cm³/mol. The SMILES string of the molecule is c1ccc([Si](c2ccccc2)(c2ccccc2)c2cccc(-c3nc(-c4ccc(-n5c6ccccc6c6ccccc65)cc4)nc(-c4cccc(-c5cccc6c5oc5ccccc56)c4)n3)c2)cc1. The lowest BCUT2D eigenvalue weighted by Gasteiger charge is -2.34. The van der Waals surface area contributed by atoms with Gasteiger partial charge in [-0.25, -0.2) is 15.0 Å². The van der Waals surface area contributed by atoms with Crippen LogP contribution >= 0.6 is 0 Å². The average molecular weight is 899 g/mol. The van der Waals surface area contributed by atoms with Gasteiger partial charge in [0.1, 0.15) is 11.2 Å². The van der Waals surface area contributed by atoms with Gasteiger partial charge in [-0.05, 0) is 74.8 Å². The van der Waals surface area contributed by atoms with Gasteiger partial charge in [-0.2, -0.15) is 0 Å². The van der Waals surface area contributed by atoms with Gasteiger partial charge in [-0.15, -0.1) is 0 Å². The van der Waals surface area contributed by atoms with Gasteiger partial charge in [0.2, 0.25) is 0 Å². The van der Waals surface area contributed by atoms with E-state index in [1.54, 1.807) is 0 Å². The normalized spacial score (nSPS) is 11.8. The number of nitrogens with zero attached hydrogens (tertiary/aromatic N) is 4. The molecular weight excluding hydrogens is 857 g/mol. The number of para-hydroxylation sites is 4. The van der Waals surface area contributed by atoms with E-state index in [1.807, 2.05) is 12.1 Å². The molecule has 10 aromatic carbocycles. The van der Waals surface area contributed by atoms with Crippen molar-refractivity contribution in [1.82, 2.24) is 19.5 Å². The third kappa shape index (κ3) is 6.80. The van der Waals surface area contributed by atoms with Crippen molar-refractivity contribution in [3.05, 3.63) is 255 Å². The molecule has 0 aliphatic rings. The highest BCUT2D eigenvalue weighted by Gasteiger charge is 2.41. The quantitative estimate of drug-likeness (QED) is 0.107. The minimum atomic E-state index is -2.85. The molecule has 0 atom stereocenters. The molecule has 6 heteroatoms. The fourth-order valence-corrected chi connectivity index (χ4v) is 15.3. The molecule has 0 bridgehead atoms. The second-order valence-electron chi connectivity index (χ2n) is 17.5. The molecule has 0 aliphatic carbocycles. The first-order valence-electron chi connectivity index (χ1n) is 23.3. The van der Waals surface area contributed by atoms with Gasteiger partial charge < -0.3 is 8.98 Å². The number of hydrogen-bond donors (Lipinski definition) is 0. The molecule has 69 heavy (non-hydrogen) atoms. The maximum absolute atomic E-state index is 6.52. The molecular formula is C63H42N4OSi. The molecule has 0 radical (unpaired) electrons. The Morgan fingerprint density at radius 1 is 0.319 bits per heavy atom. The van der Waals surface area contributed by atoms with Crippen LogP contribution in [0.4, 0.5) is 0 Å². The minimum Gasteiger partial charge on any atom is -0.455 e. The number of fused-ring (bicyclic) bond motifs is 6. The van der Waals surface area contributed by atoms with E-state index in [9.17, 15) is 0 Å². The van der Waals surface area contributed by atoms with Gasteiger partial charge in [-0.3, -0.25) is 0 Å². The van der Waals surface area contributed by atoms with Crippen molar-refractivity contribution in [3.8, 4) is 51.0 Å². The second kappa shape index (κ2) is 16.7. The summed E-state index contributed by atoms with van der Waals surface area (Å²) >= 11 is 0. The fourth-order valence-electron chi connectivity index (χ4n) is 10.5. The van der Waals surface area contributed by atoms with Gasteiger partial charge >= 0.3 is 0 Å². The average Bonchev–Trinajstić information content (AvgIpc) is 3.98. The maximum atomic E-state index is 6.52. The van der Waals surface area contributed by atoms with Crippen LogP contribution in [0, 0.1) is 0 Å². The van der Waals surface area contributed by atoms with E-state index in [0.29, 0.717) is 17.5 Å². The molecule has 0 N–H and O–H groups in total. The van der Waals surface area contributed by atoms with E-state index >= 15 is 0 Å². The molecule has 324 valence electrons. The zero-order valence-corrected chi connectivity index (χ0v) is 38.4. The molecule has 3 heterocycles. The number of rotatable bonds is 9. The van der Waals surface area contributed by atoms with Crippen LogP contribution in [0.15, 0.2) is 259 Å². The van der Waals surface area contributed by atoms with Gasteiger partial charge in [0.05, 0.1) is 11.0 Å². The Morgan fingerprint density at radius 2 is 0.768 bits per heavy atom. The van der Waals surface area contributed by atoms with Gasteiger partial charge in [0.15, 0.2) is 25.5 Å². The van der Waals surface area contributed by atoms with Crippen LogP contribution in [0.3, 0.4) is 0 Å². The number of furan rings is 1. The molecule has 13 rings (SSSR count).